The van der Waals surface area contributed by atoms with Crippen molar-refractivity contribution < 1.29 is 13.9 Å². The summed E-state index contributed by atoms with van der Waals surface area (Å²) in [5.41, 5.74) is 0. The molecular formula is C9H11FO2. The van der Waals surface area contributed by atoms with Crippen molar-refractivity contribution in [2.24, 2.45) is 0 Å². The number of hydrogen-bond donors (Lipinski definition) is 0. The van der Waals surface area contributed by atoms with Gasteiger partial charge >= 0.3 is 0 Å². The van der Waals surface area contributed by atoms with E-state index in [1.54, 1.807) is 12.1 Å². The zero-order valence-corrected chi connectivity index (χ0v) is 6.87. The monoisotopic (exact) mass is 170 g/mol. The normalized spacial score (nSPS) is 12.5. The molecule has 0 heterocycles. The highest BCUT2D eigenvalue weighted by Crippen LogP contribution is 2.08. The highest BCUT2D eigenvalue weighted by molar-refractivity contribution is 5.20. The van der Waals surface area contributed by atoms with Crippen LogP contribution >= 0.6 is 0 Å². The van der Waals surface area contributed by atoms with E-state index in [1.807, 2.05) is 18.2 Å². The minimum absolute atomic E-state index is 0.0689. The SMILES string of the molecule is COC(F)COc1ccccc1. The van der Waals surface area contributed by atoms with Crippen molar-refractivity contribution in [2.45, 2.75) is 6.36 Å². The van der Waals surface area contributed by atoms with Crippen molar-refractivity contribution in [1.29, 1.82) is 0 Å². The predicted octanol–water partition coefficient (Wildman–Crippen LogP) is 2.01. The number of methoxy groups -OCH3 is 1. The second-order valence-electron chi connectivity index (χ2n) is 2.27. The van der Waals surface area contributed by atoms with Crippen LogP contribution in [0.2, 0.25) is 0 Å². The van der Waals surface area contributed by atoms with Crippen LogP contribution in [0, 0.1) is 0 Å². The number of para-hydroxylation sites is 1. The van der Waals surface area contributed by atoms with Crippen molar-refractivity contribution in [1.82, 2.24) is 0 Å². The first-order valence-corrected chi connectivity index (χ1v) is 3.67. The molecule has 0 fully saturated rings. The van der Waals surface area contributed by atoms with Crippen molar-refractivity contribution in [3.05, 3.63) is 30.3 Å². The number of alkyl halides is 1. The Bertz CT molecular complexity index is 213. The molecule has 0 aromatic heterocycles. The average molecular weight is 170 g/mol. The van der Waals surface area contributed by atoms with Crippen LogP contribution in [0.4, 0.5) is 4.39 Å². The molecule has 1 aromatic rings. The van der Waals surface area contributed by atoms with Gasteiger partial charge < -0.3 is 9.47 Å². The van der Waals surface area contributed by atoms with E-state index in [4.69, 9.17) is 4.74 Å². The van der Waals surface area contributed by atoms with Gasteiger partial charge in [-0.1, -0.05) is 18.2 Å². The predicted molar refractivity (Wildman–Crippen MR) is 43.8 cm³/mol. The highest BCUT2D eigenvalue weighted by Gasteiger charge is 2.03. The first-order chi connectivity index (χ1) is 5.83. The van der Waals surface area contributed by atoms with Gasteiger partial charge in [-0.15, -0.1) is 0 Å². The summed E-state index contributed by atoms with van der Waals surface area (Å²) in [5.74, 6) is 0.650. The molecule has 66 valence electrons. The Balaban J connectivity index is 2.33. The number of ether oxygens (including phenoxy) is 2. The van der Waals surface area contributed by atoms with Gasteiger partial charge in [-0.3, -0.25) is 0 Å². The van der Waals surface area contributed by atoms with Gasteiger partial charge in [-0.05, 0) is 12.1 Å². The minimum atomic E-state index is -1.36. The fraction of sp³-hybridized carbons (Fsp3) is 0.333. The van der Waals surface area contributed by atoms with Crippen LogP contribution in [0.5, 0.6) is 5.75 Å². The lowest BCUT2D eigenvalue weighted by Crippen LogP contribution is -2.14. The maximum Gasteiger partial charge on any atom is 0.233 e. The Kier molecular flexibility index (Phi) is 3.54. The third-order valence-corrected chi connectivity index (χ3v) is 1.38. The molecule has 0 spiro atoms. The Labute approximate surface area is 70.9 Å². The molecule has 0 saturated carbocycles. The number of hydrogen-bond acceptors (Lipinski definition) is 2. The highest BCUT2D eigenvalue weighted by atomic mass is 19.1. The summed E-state index contributed by atoms with van der Waals surface area (Å²) in [5, 5.41) is 0. The average Bonchev–Trinajstić information content (AvgIpc) is 2.16. The Morgan fingerprint density at radius 2 is 2.00 bits per heavy atom. The standard InChI is InChI=1S/C9H11FO2/c1-11-9(10)7-12-8-5-3-2-4-6-8/h2-6,9H,7H2,1H3. The zero-order chi connectivity index (χ0) is 8.81. The van der Waals surface area contributed by atoms with Gasteiger partial charge in [0.25, 0.3) is 0 Å². The molecule has 0 N–H and O–H groups in total. The van der Waals surface area contributed by atoms with Crippen molar-refractivity contribution in [3.63, 3.8) is 0 Å². The van der Waals surface area contributed by atoms with Crippen LogP contribution in [-0.2, 0) is 4.74 Å². The molecule has 1 rings (SSSR count). The van der Waals surface area contributed by atoms with E-state index in [9.17, 15) is 4.39 Å². The molecule has 12 heavy (non-hydrogen) atoms. The molecule has 0 aliphatic rings. The van der Waals surface area contributed by atoms with Crippen LogP contribution in [0.15, 0.2) is 30.3 Å². The number of benzene rings is 1. The Morgan fingerprint density at radius 3 is 2.58 bits per heavy atom. The first-order valence-electron chi connectivity index (χ1n) is 3.67. The van der Waals surface area contributed by atoms with Gasteiger partial charge in [-0.25, -0.2) is 4.39 Å². The van der Waals surface area contributed by atoms with Crippen LogP contribution < -0.4 is 4.74 Å². The van der Waals surface area contributed by atoms with E-state index in [0.717, 1.165) is 0 Å². The largest absolute Gasteiger partial charge is 0.488 e. The lowest BCUT2D eigenvalue weighted by atomic mass is 10.3. The van der Waals surface area contributed by atoms with Crippen molar-refractivity contribution in [3.8, 4) is 5.75 Å². The van der Waals surface area contributed by atoms with E-state index < -0.39 is 6.36 Å². The fourth-order valence-corrected chi connectivity index (χ4v) is 0.747. The minimum Gasteiger partial charge on any atom is -0.488 e. The molecule has 0 radical (unpaired) electrons. The van der Waals surface area contributed by atoms with Crippen molar-refractivity contribution in [2.75, 3.05) is 13.7 Å². The van der Waals surface area contributed by atoms with Gasteiger partial charge in [0, 0.05) is 7.11 Å². The summed E-state index contributed by atoms with van der Waals surface area (Å²) in [6.07, 6.45) is -1.36. The quantitative estimate of drug-likeness (QED) is 0.688. The zero-order valence-electron chi connectivity index (χ0n) is 6.87. The topological polar surface area (TPSA) is 18.5 Å². The first kappa shape index (κ1) is 9.00. The van der Waals surface area contributed by atoms with Crippen LogP contribution in [0.3, 0.4) is 0 Å². The molecule has 3 heteroatoms. The van der Waals surface area contributed by atoms with Crippen LogP contribution in [0.25, 0.3) is 0 Å². The summed E-state index contributed by atoms with van der Waals surface area (Å²) < 4.78 is 21.9. The van der Waals surface area contributed by atoms with Gasteiger partial charge in [0.05, 0.1) is 0 Å². The van der Waals surface area contributed by atoms with Crippen LogP contribution in [-0.4, -0.2) is 20.1 Å². The van der Waals surface area contributed by atoms with E-state index in [-0.39, 0.29) is 6.61 Å². The molecule has 2 nitrogen and oxygen atoms in total. The summed E-state index contributed by atoms with van der Waals surface area (Å²) >= 11 is 0. The van der Waals surface area contributed by atoms with E-state index in [0.29, 0.717) is 5.75 Å². The number of halogens is 1. The molecule has 0 bridgehead atoms. The molecule has 0 aliphatic carbocycles. The summed E-state index contributed by atoms with van der Waals surface area (Å²) in [6.45, 7) is -0.0689. The summed E-state index contributed by atoms with van der Waals surface area (Å²) in [7, 11) is 1.30. The smallest absolute Gasteiger partial charge is 0.233 e. The lowest BCUT2D eigenvalue weighted by Gasteiger charge is -2.07. The maximum atomic E-state index is 12.5. The van der Waals surface area contributed by atoms with Gasteiger partial charge in [0.15, 0.2) is 0 Å². The molecular weight excluding hydrogens is 159 g/mol. The van der Waals surface area contributed by atoms with Crippen molar-refractivity contribution >= 4 is 0 Å². The van der Waals surface area contributed by atoms with E-state index in [2.05, 4.69) is 4.74 Å². The second-order valence-corrected chi connectivity index (χ2v) is 2.27. The van der Waals surface area contributed by atoms with Gasteiger partial charge in [-0.2, -0.15) is 0 Å². The Hall–Kier alpha value is -1.09. The number of rotatable bonds is 4. The van der Waals surface area contributed by atoms with E-state index >= 15 is 0 Å². The third kappa shape index (κ3) is 2.88. The fourth-order valence-electron chi connectivity index (χ4n) is 0.747. The molecule has 0 aliphatic heterocycles. The summed E-state index contributed by atoms with van der Waals surface area (Å²) in [6, 6.07) is 9.06. The van der Waals surface area contributed by atoms with E-state index in [1.165, 1.54) is 7.11 Å². The molecule has 1 aromatic carbocycles. The molecule has 0 amide bonds. The lowest BCUT2D eigenvalue weighted by molar-refractivity contribution is -0.0357. The third-order valence-electron chi connectivity index (χ3n) is 1.38. The molecule has 1 unspecified atom stereocenters. The van der Waals surface area contributed by atoms with Gasteiger partial charge in [0.1, 0.15) is 12.4 Å². The van der Waals surface area contributed by atoms with Crippen LogP contribution in [0.1, 0.15) is 0 Å². The molecule has 1 atom stereocenters. The molecule has 0 saturated heterocycles. The maximum absolute atomic E-state index is 12.5. The Morgan fingerprint density at radius 1 is 1.33 bits per heavy atom. The second kappa shape index (κ2) is 4.72. The van der Waals surface area contributed by atoms with Gasteiger partial charge in [0.2, 0.25) is 6.36 Å². The summed E-state index contributed by atoms with van der Waals surface area (Å²) in [4.78, 5) is 0.